The Kier molecular flexibility index (Phi) is 11.5. The van der Waals surface area contributed by atoms with Gasteiger partial charge in [0.05, 0.1) is 13.2 Å². The maximum Gasteiger partial charge on any atom is 0.114 e. The molecule has 0 spiro atoms. The molecule has 1 saturated heterocycles. The van der Waals surface area contributed by atoms with Gasteiger partial charge in [0.2, 0.25) is 0 Å². The van der Waals surface area contributed by atoms with Crippen molar-refractivity contribution in [2.75, 3.05) is 19.8 Å². The minimum atomic E-state index is -0.986. The van der Waals surface area contributed by atoms with Crippen molar-refractivity contribution < 1.29 is 24.8 Å². The molecule has 0 bridgehead atoms. The molecular weight excluding hydrogens is 296 g/mol. The van der Waals surface area contributed by atoms with Gasteiger partial charge in [-0.3, -0.25) is 0 Å². The fourth-order valence-corrected chi connectivity index (χ4v) is 2.74. The lowest BCUT2D eigenvalue weighted by Crippen LogP contribution is -2.42. The van der Waals surface area contributed by atoms with Gasteiger partial charge in [0.15, 0.2) is 0 Å². The number of unbranched alkanes of at least 4 members (excludes halogenated alkanes) is 6. The van der Waals surface area contributed by atoms with E-state index in [1.54, 1.807) is 0 Å². The Morgan fingerprint density at radius 1 is 1.09 bits per heavy atom. The SMILES string of the molecule is CCCCCCC/C=C/CCCO[C@H](CO)[C@H]1OC[C@H](O)[C@H]1O. The zero-order chi connectivity index (χ0) is 16.9. The summed E-state index contributed by atoms with van der Waals surface area (Å²) in [7, 11) is 0. The molecule has 0 saturated carbocycles. The van der Waals surface area contributed by atoms with E-state index < -0.39 is 24.4 Å². The fourth-order valence-electron chi connectivity index (χ4n) is 2.74. The van der Waals surface area contributed by atoms with E-state index in [1.165, 1.54) is 32.1 Å². The molecule has 23 heavy (non-hydrogen) atoms. The van der Waals surface area contributed by atoms with E-state index in [1.807, 2.05) is 0 Å². The zero-order valence-electron chi connectivity index (χ0n) is 14.4. The van der Waals surface area contributed by atoms with Crippen LogP contribution >= 0.6 is 0 Å². The highest BCUT2D eigenvalue weighted by atomic mass is 16.6. The number of aliphatic hydroxyl groups excluding tert-OH is 3. The van der Waals surface area contributed by atoms with Gasteiger partial charge >= 0.3 is 0 Å². The highest BCUT2D eigenvalue weighted by Crippen LogP contribution is 2.19. The lowest BCUT2D eigenvalue weighted by molar-refractivity contribution is -0.101. The average Bonchev–Trinajstić information content (AvgIpc) is 2.88. The van der Waals surface area contributed by atoms with Gasteiger partial charge in [0.25, 0.3) is 0 Å². The first-order valence-corrected chi connectivity index (χ1v) is 9.05. The smallest absolute Gasteiger partial charge is 0.114 e. The van der Waals surface area contributed by atoms with E-state index in [-0.39, 0.29) is 13.2 Å². The summed E-state index contributed by atoms with van der Waals surface area (Å²) in [4.78, 5) is 0. The quantitative estimate of drug-likeness (QED) is 0.356. The predicted octanol–water partition coefficient (Wildman–Crippen LogP) is 2.18. The van der Waals surface area contributed by atoms with E-state index in [2.05, 4.69) is 19.1 Å². The lowest BCUT2D eigenvalue weighted by atomic mass is 10.1. The van der Waals surface area contributed by atoms with Crippen molar-refractivity contribution >= 4 is 0 Å². The van der Waals surface area contributed by atoms with Crippen molar-refractivity contribution in [3.63, 3.8) is 0 Å². The van der Waals surface area contributed by atoms with Crippen LogP contribution in [0.5, 0.6) is 0 Å². The summed E-state index contributed by atoms with van der Waals surface area (Å²) >= 11 is 0. The van der Waals surface area contributed by atoms with Crippen molar-refractivity contribution in [2.45, 2.75) is 82.7 Å². The monoisotopic (exact) mass is 330 g/mol. The van der Waals surface area contributed by atoms with E-state index >= 15 is 0 Å². The summed E-state index contributed by atoms with van der Waals surface area (Å²) in [6.45, 7) is 2.61. The summed E-state index contributed by atoms with van der Waals surface area (Å²) in [5.41, 5.74) is 0. The summed E-state index contributed by atoms with van der Waals surface area (Å²) in [5, 5.41) is 28.6. The second-order valence-electron chi connectivity index (χ2n) is 6.26. The molecule has 1 aliphatic rings. The topological polar surface area (TPSA) is 79.2 Å². The summed E-state index contributed by atoms with van der Waals surface area (Å²) in [5.74, 6) is 0. The van der Waals surface area contributed by atoms with Gasteiger partial charge < -0.3 is 24.8 Å². The molecule has 1 fully saturated rings. The van der Waals surface area contributed by atoms with Crippen molar-refractivity contribution in [3.05, 3.63) is 12.2 Å². The first kappa shape index (κ1) is 20.6. The standard InChI is InChI=1S/C18H34O5/c1-2-3-4-5-6-7-8-9-10-11-12-22-16(13-19)18-17(21)15(20)14-23-18/h8-9,15-21H,2-7,10-14H2,1H3/b9-8+/t15-,16+,17+,18+/m0/s1. The van der Waals surface area contributed by atoms with Crippen molar-refractivity contribution in [2.24, 2.45) is 0 Å². The molecule has 5 nitrogen and oxygen atoms in total. The molecule has 5 heteroatoms. The molecule has 0 amide bonds. The summed E-state index contributed by atoms with van der Waals surface area (Å²) in [6.07, 6.45) is 10.8. The minimum Gasteiger partial charge on any atom is -0.394 e. The van der Waals surface area contributed by atoms with Gasteiger partial charge in [0, 0.05) is 6.61 Å². The van der Waals surface area contributed by atoms with Gasteiger partial charge in [0.1, 0.15) is 24.4 Å². The van der Waals surface area contributed by atoms with Gasteiger partial charge in [-0.1, -0.05) is 44.8 Å². The molecule has 0 unspecified atom stereocenters. The highest BCUT2D eigenvalue weighted by Gasteiger charge is 2.40. The lowest BCUT2D eigenvalue weighted by Gasteiger charge is -2.24. The van der Waals surface area contributed by atoms with Crippen LogP contribution in [0.4, 0.5) is 0 Å². The maximum absolute atomic E-state index is 9.76. The molecule has 0 aromatic rings. The third-order valence-electron chi connectivity index (χ3n) is 4.22. The third kappa shape index (κ3) is 8.27. The normalized spacial score (nSPS) is 26.2. The van der Waals surface area contributed by atoms with Crippen LogP contribution in [-0.2, 0) is 9.47 Å². The molecule has 0 radical (unpaired) electrons. The first-order valence-electron chi connectivity index (χ1n) is 9.05. The maximum atomic E-state index is 9.76. The molecule has 0 aromatic heterocycles. The van der Waals surface area contributed by atoms with Crippen LogP contribution in [0.25, 0.3) is 0 Å². The van der Waals surface area contributed by atoms with Crippen molar-refractivity contribution in [1.29, 1.82) is 0 Å². The Morgan fingerprint density at radius 3 is 2.39 bits per heavy atom. The molecular formula is C18H34O5. The minimum absolute atomic E-state index is 0.0900. The van der Waals surface area contributed by atoms with E-state index in [9.17, 15) is 15.3 Å². The zero-order valence-corrected chi connectivity index (χ0v) is 14.4. The van der Waals surface area contributed by atoms with Crippen molar-refractivity contribution in [3.8, 4) is 0 Å². The van der Waals surface area contributed by atoms with Crippen LogP contribution in [0, 0.1) is 0 Å². The second-order valence-corrected chi connectivity index (χ2v) is 6.26. The van der Waals surface area contributed by atoms with Crippen LogP contribution in [0.2, 0.25) is 0 Å². The first-order chi connectivity index (χ1) is 11.2. The number of allylic oxidation sites excluding steroid dienone is 2. The number of ether oxygens (including phenoxy) is 2. The van der Waals surface area contributed by atoms with E-state index in [0.717, 1.165) is 19.3 Å². The molecule has 0 aromatic carbocycles. The van der Waals surface area contributed by atoms with Gasteiger partial charge in [-0.25, -0.2) is 0 Å². The molecule has 136 valence electrons. The molecule has 1 heterocycles. The van der Waals surface area contributed by atoms with Crippen LogP contribution in [-0.4, -0.2) is 59.6 Å². The molecule has 1 aliphatic heterocycles. The Morgan fingerprint density at radius 2 is 1.78 bits per heavy atom. The molecule has 1 rings (SSSR count). The number of aliphatic hydroxyl groups is 3. The summed E-state index contributed by atoms with van der Waals surface area (Å²) in [6, 6.07) is 0. The van der Waals surface area contributed by atoms with E-state index in [0.29, 0.717) is 6.61 Å². The molecule has 4 atom stereocenters. The van der Waals surface area contributed by atoms with Crippen LogP contribution in [0.1, 0.15) is 58.3 Å². The predicted molar refractivity (Wildman–Crippen MR) is 90.3 cm³/mol. The molecule has 3 N–H and O–H groups in total. The Balaban J connectivity index is 2.02. The largest absolute Gasteiger partial charge is 0.394 e. The summed E-state index contributed by atoms with van der Waals surface area (Å²) < 4.78 is 10.9. The van der Waals surface area contributed by atoms with Gasteiger partial charge in [-0.05, 0) is 25.7 Å². The average molecular weight is 330 g/mol. The fraction of sp³-hybridized carbons (Fsp3) is 0.889. The molecule has 0 aliphatic carbocycles. The Hall–Kier alpha value is -0.460. The van der Waals surface area contributed by atoms with Crippen LogP contribution < -0.4 is 0 Å². The second kappa shape index (κ2) is 12.9. The highest BCUT2D eigenvalue weighted by molar-refractivity contribution is 4.88. The number of hydrogen-bond donors (Lipinski definition) is 3. The van der Waals surface area contributed by atoms with Crippen molar-refractivity contribution in [1.82, 2.24) is 0 Å². The third-order valence-corrected chi connectivity index (χ3v) is 4.22. The number of hydrogen-bond acceptors (Lipinski definition) is 5. The van der Waals surface area contributed by atoms with Gasteiger partial charge in [-0.2, -0.15) is 0 Å². The Bertz CT molecular complexity index is 308. The Labute approximate surface area is 140 Å². The van der Waals surface area contributed by atoms with E-state index in [4.69, 9.17) is 9.47 Å². The number of rotatable bonds is 13. The van der Waals surface area contributed by atoms with Crippen LogP contribution in [0.15, 0.2) is 12.2 Å². The van der Waals surface area contributed by atoms with Crippen LogP contribution in [0.3, 0.4) is 0 Å². The van der Waals surface area contributed by atoms with Gasteiger partial charge in [-0.15, -0.1) is 0 Å².